The molecule has 1 aromatic heterocycles. The zero-order valence-corrected chi connectivity index (χ0v) is 12.9. The van der Waals surface area contributed by atoms with E-state index in [-0.39, 0.29) is 5.82 Å². The number of benzene rings is 1. The van der Waals surface area contributed by atoms with Crippen LogP contribution < -0.4 is 0 Å². The van der Waals surface area contributed by atoms with Crippen LogP contribution in [0, 0.1) is 5.82 Å². The molecule has 0 spiro atoms. The highest BCUT2D eigenvalue weighted by molar-refractivity contribution is 6.17. The van der Waals surface area contributed by atoms with Crippen molar-refractivity contribution in [3.05, 3.63) is 29.8 Å². The van der Waals surface area contributed by atoms with E-state index in [1.807, 2.05) is 0 Å². The normalized spacial score (nSPS) is 16.1. The average molecular weight is 310 g/mol. The van der Waals surface area contributed by atoms with Crippen molar-refractivity contribution in [1.29, 1.82) is 0 Å². The van der Waals surface area contributed by atoms with Crippen molar-refractivity contribution < 1.29 is 4.39 Å². The smallest absolute Gasteiger partial charge is 0.125 e. The van der Waals surface area contributed by atoms with Crippen LogP contribution in [0.25, 0.3) is 11.0 Å². The third-order valence-corrected chi connectivity index (χ3v) is 4.35. The number of aryl methyl sites for hydroxylation is 2. The van der Waals surface area contributed by atoms with Gasteiger partial charge in [0.05, 0.1) is 11.0 Å². The molecular formula is C16H21ClFN3. The van der Waals surface area contributed by atoms with Gasteiger partial charge in [-0.3, -0.25) is 0 Å². The van der Waals surface area contributed by atoms with Gasteiger partial charge < -0.3 is 9.47 Å². The molecule has 0 bridgehead atoms. The molecule has 3 nitrogen and oxygen atoms in total. The molecule has 1 aliphatic heterocycles. The molecule has 21 heavy (non-hydrogen) atoms. The first-order valence-corrected chi connectivity index (χ1v) is 8.24. The Bertz CT molecular complexity index is 605. The molecule has 0 radical (unpaired) electrons. The van der Waals surface area contributed by atoms with Crippen LogP contribution in [0.2, 0.25) is 0 Å². The Morgan fingerprint density at radius 2 is 2.00 bits per heavy atom. The van der Waals surface area contributed by atoms with Gasteiger partial charge in [-0.15, -0.1) is 11.6 Å². The Kier molecular flexibility index (Phi) is 4.76. The summed E-state index contributed by atoms with van der Waals surface area (Å²) in [5, 5.41) is 0. The molecule has 1 aliphatic rings. The summed E-state index contributed by atoms with van der Waals surface area (Å²) in [6.07, 6.45) is 4.42. The van der Waals surface area contributed by atoms with Crippen LogP contribution >= 0.6 is 11.6 Å². The molecule has 2 heterocycles. The molecule has 1 aromatic carbocycles. The number of hydrogen-bond acceptors (Lipinski definition) is 2. The number of imidazole rings is 1. The van der Waals surface area contributed by atoms with Gasteiger partial charge in [0.2, 0.25) is 0 Å². The number of fused-ring (bicyclic) bond motifs is 1. The third-order valence-electron chi connectivity index (χ3n) is 4.16. The van der Waals surface area contributed by atoms with Crippen LogP contribution in [0.1, 0.15) is 25.1 Å². The number of likely N-dealkylation sites (tertiary alicyclic amines) is 1. The SMILES string of the molecule is Fc1ccc2nc(CCCl)n(CCCN3CCCC3)c2c1. The van der Waals surface area contributed by atoms with E-state index in [2.05, 4.69) is 14.5 Å². The zero-order valence-electron chi connectivity index (χ0n) is 12.2. The molecule has 0 saturated carbocycles. The molecule has 5 heteroatoms. The fourth-order valence-electron chi connectivity index (χ4n) is 3.13. The van der Waals surface area contributed by atoms with E-state index in [1.165, 1.54) is 32.0 Å². The summed E-state index contributed by atoms with van der Waals surface area (Å²) in [5.74, 6) is 1.30. The molecular weight excluding hydrogens is 289 g/mol. The van der Waals surface area contributed by atoms with Crippen LogP contribution in [0.4, 0.5) is 4.39 Å². The fourth-order valence-corrected chi connectivity index (χ4v) is 3.30. The predicted molar refractivity (Wildman–Crippen MR) is 84.4 cm³/mol. The lowest BCUT2D eigenvalue weighted by molar-refractivity contribution is 0.325. The van der Waals surface area contributed by atoms with Crippen molar-refractivity contribution in [3.63, 3.8) is 0 Å². The number of alkyl halides is 1. The van der Waals surface area contributed by atoms with Crippen LogP contribution in [0.3, 0.4) is 0 Å². The van der Waals surface area contributed by atoms with Crippen LogP contribution in [0.15, 0.2) is 18.2 Å². The molecule has 2 aromatic rings. The first kappa shape index (κ1) is 14.8. The minimum absolute atomic E-state index is 0.208. The maximum Gasteiger partial charge on any atom is 0.125 e. The highest BCUT2D eigenvalue weighted by atomic mass is 35.5. The number of halogens is 2. The molecule has 0 aliphatic carbocycles. The van der Waals surface area contributed by atoms with Crippen LogP contribution in [-0.4, -0.2) is 40.0 Å². The first-order valence-electron chi connectivity index (χ1n) is 7.71. The molecule has 0 atom stereocenters. The molecule has 0 N–H and O–H groups in total. The summed E-state index contributed by atoms with van der Waals surface area (Å²) in [7, 11) is 0. The molecule has 3 rings (SSSR count). The standard InChI is InChI=1S/C16H21ClFN3/c17-7-6-16-19-14-5-4-13(18)12-15(14)21(16)11-3-10-20-8-1-2-9-20/h4-5,12H,1-3,6-11H2. The Labute approximate surface area is 129 Å². The van der Waals surface area contributed by atoms with Crippen molar-refractivity contribution >= 4 is 22.6 Å². The lowest BCUT2D eigenvalue weighted by atomic mass is 10.3. The van der Waals surface area contributed by atoms with Gasteiger partial charge in [-0.2, -0.15) is 0 Å². The summed E-state index contributed by atoms with van der Waals surface area (Å²) in [6.45, 7) is 4.42. The summed E-state index contributed by atoms with van der Waals surface area (Å²) in [4.78, 5) is 7.09. The van der Waals surface area contributed by atoms with Crippen molar-refractivity contribution in [1.82, 2.24) is 14.5 Å². The lowest BCUT2D eigenvalue weighted by Gasteiger charge is -2.15. The Hall–Kier alpha value is -1.13. The van der Waals surface area contributed by atoms with Crippen molar-refractivity contribution in [2.45, 2.75) is 32.2 Å². The molecule has 1 saturated heterocycles. The van der Waals surface area contributed by atoms with E-state index in [0.717, 1.165) is 42.8 Å². The van der Waals surface area contributed by atoms with E-state index in [1.54, 1.807) is 12.1 Å². The lowest BCUT2D eigenvalue weighted by Crippen LogP contribution is -2.21. The fraction of sp³-hybridized carbons (Fsp3) is 0.562. The van der Waals surface area contributed by atoms with E-state index in [4.69, 9.17) is 11.6 Å². The average Bonchev–Trinajstić information content (AvgIpc) is 3.08. The second-order valence-corrected chi connectivity index (χ2v) is 6.03. The number of rotatable bonds is 6. The monoisotopic (exact) mass is 309 g/mol. The number of hydrogen-bond donors (Lipinski definition) is 0. The molecule has 1 fully saturated rings. The third kappa shape index (κ3) is 3.38. The van der Waals surface area contributed by atoms with Gasteiger partial charge in [0.15, 0.2) is 0 Å². The Morgan fingerprint density at radius 3 is 2.76 bits per heavy atom. The summed E-state index contributed by atoms with van der Waals surface area (Å²) < 4.78 is 15.6. The van der Waals surface area contributed by atoms with Crippen LogP contribution in [-0.2, 0) is 13.0 Å². The van der Waals surface area contributed by atoms with E-state index < -0.39 is 0 Å². The van der Waals surface area contributed by atoms with E-state index in [9.17, 15) is 4.39 Å². The van der Waals surface area contributed by atoms with E-state index in [0.29, 0.717) is 5.88 Å². The highest BCUT2D eigenvalue weighted by Crippen LogP contribution is 2.19. The Balaban J connectivity index is 1.77. The largest absolute Gasteiger partial charge is 0.328 e. The molecule has 0 amide bonds. The number of aromatic nitrogens is 2. The van der Waals surface area contributed by atoms with E-state index >= 15 is 0 Å². The minimum atomic E-state index is -0.208. The first-order chi connectivity index (χ1) is 10.3. The van der Waals surface area contributed by atoms with Crippen LogP contribution in [0.5, 0.6) is 0 Å². The van der Waals surface area contributed by atoms with Gasteiger partial charge in [-0.05, 0) is 57.1 Å². The summed E-state index contributed by atoms with van der Waals surface area (Å²) in [5.41, 5.74) is 1.74. The van der Waals surface area contributed by atoms with Crippen molar-refractivity contribution in [3.8, 4) is 0 Å². The summed E-state index contributed by atoms with van der Waals surface area (Å²) >= 11 is 5.87. The highest BCUT2D eigenvalue weighted by Gasteiger charge is 2.13. The van der Waals surface area contributed by atoms with Gasteiger partial charge >= 0.3 is 0 Å². The van der Waals surface area contributed by atoms with Gasteiger partial charge in [0, 0.05) is 18.8 Å². The quantitative estimate of drug-likeness (QED) is 0.762. The van der Waals surface area contributed by atoms with Crippen molar-refractivity contribution in [2.24, 2.45) is 0 Å². The van der Waals surface area contributed by atoms with Gasteiger partial charge in [0.1, 0.15) is 11.6 Å². The van der Waals surface area contributed by atoms with Gasteiger partial charge in [0.25, 0.3) is 0 Å². The minimum Gasteiger partial charge on any atom is -0.328 e. The summed E-state index contributed by atoms with van der Waals surface area (Å²) in [6, 6.07) is 4.80. The molecule has 0 unspecified atom stereocenters. The Morgan fingerprint density at radius 1 is 1.19 bits per heavy atom. The second-order valence-electron chi connectivity index (χ2n) is 5.65. The molecule has 114 valence electrons. The maximum absolute atomic E-state index is 13.5. The van der Waals surface area contributed by atoms with Gasteiger partial charge in [-0.25, -0.2) is 9.37 Å². The zero-order chi connectivity index (χ0) is 14.7. The maximum atomic E-state index is 13.5. The second kappa shape index (κ2) is 6.75. The predicted octanol–water partition coefficient (Wildman–Crippen LogP) is 3.44. The van der Waals surface area contributed by atoms with Gasteiger partial charge in [-0.1, -0.05) is 0 Å². The number of nitrogens with zero attached hydrogens (tertiary/aromatic N) is 3. The van der Waals surface area contributed by atoms with Crippen molar-refractivity contribution in [2.75, 3.05) is 25.5 Å². The topological polar surface area (TPSA) is 21.1 Å².